The van der Waals surface area contributed by atoms with Crippen LogP contribution in [-0.2, 0) is 9.59 Å². The Morgan fingerprint density at radius 1 is 0.944 bits per heavy atom. The van der Waals surface area contributed by atoms with Gasteiger partial charge in [0.25, 0.3) is 11.7 Å². The average molecular weight is 481 g/mol. The third-order valence-electron chi connectivity index (χ3n) is 6.81. The number of hydrogen-bond acceptors (Lipinski definition) is 4. The quantitative estimate of drug-likeness (QED) is 0.212. The first kappa shape index (κ1) is 23.4. The van der Waals surface area contributed by atoms with Crippen molar-refractivity contribution in [3.8, 4) is 5.75 Å². The highest BCUT2D eigenvalue weighted by molar-refractivity contribution is 6.52. The van der Waals surface area contributed by atoms with Crippen molar-refractivity contribution in [3.05, 3.63) is 99.7 Å². The second kappa shape index (κ2) is 8.72. The molecule has 1 unspecified atom stereocenters. The van der Waals surface area contributed by atoms with E-state index in [-0.39, 0.29) is 11.3 Å². The molecular formula is C30H28N2O4. The van der Waals surface area contributed by atoms with Gasteiger partial charge in [-0.2, -0.15) is 0 Å². The molecule has 1 fully saturated rings. The van der Waals surface area contributed by atoms with Crippen molar-refractivity contribution in [1.82, 2.24) is 4.98 Å². The van der Waals surface area contributed by atoms with Crippen molar-refractivity contribution < 1.29 is 19.4 Å². The molecule has 182 valence electrons. The van der Waals surface area contributed by atoms with E-state index in [4.69, 9.17) is 4.74 Å². The monoisotopic (exact) mass is 480 g/mol. The first-order valence-corrected chi connectivity index (χ1v) is 11.8. The molecule has 1 aliphatic rings. The molecular weight excluding hydrogens is 452 g/mol. The Morgan fingerprint density at radius 3 is 2.31 bits per heavy atom. The van der Waals surface area contributed by atoms with Crippen LogP contribution in [0.1, 0.15) is 39.6 Å². The van der Waals surface area contributed by atoms with Crippen LogP contribution in [0.3, 0.4) is 0 Å². The van der Waals surface area contributed by atoms with Crippen LogP contribution in [0.5, 0.6) is 5.75 Å². The number of aliphatic hydroxyl groups is 1. The molecule has 0 saturated carbocycles. The highest BCUT2D eigenvalue weighted by Gasteiger charge is 2.48. The number of Topliss-reactive ketones (excluding diaryl/α,β-unsaturated/α-hetero) is 1. The molecule has 1 aliphatic heterocycles. The van der Waals surface area contributed by atoms with Crippen LogP contribution in [0, 0.1) is 27.7 Å². The molecule has 2 N–H and O–H groups in total. The van der Waals surface area contributed by atoms with Crippen LogP contribution in [0.4, 0.5) is 5.69 Å². The van der Waals surface area contributed by atoms with Crippen molar-refractivity contribution in [2.75, 3.05) is 12.0 Å². The molecule has 1 saturated heterocycles. The van der Waals surface area contributed by atoms with E-state index < -0.39 is 17.7 Å². The van der Waals surface area contributed by atoms with E-state index in [1.807, 2.05) is 70.2 Å². The Bertz CT molecular complexity index is 1560. The summed E-state index contributed by atoms with van der Waals surface area (Å²) in [5.74, 6) is -0.914. The number of aliphatic hydroxyl groups excluding tert-OH is 1. The second-order valence-corrected chi connectivity index (χ2v) is 9.41. The van der Waals surface area contributed by atoms with Gasteiger partial charge in [0.1, 0.15) is 11.5 Å². The summed E-state index contributed by atoms with van der Waals surface area (Å²) in [5, 5.41) is 12.4. The van der Waals surface area contributed by atoms with Crippen molar-refractivity contribution in [2.24, 2.45) is 0 Å². The van der Waals surface area contributed by atoms with Crippen LogP contribution < -0.4 is 9.64 Å². The van der Waals surface area contributed by atoms with Gasteiger partial charge < -0.3 is 14.8 Å². The number of H-pyrrole nitrogens is 1. The van der Waals surface area contributed by atoms with E-state index in [2.05, 4.69) is 4.98 Å². The Hall–Kier alpha value is -4.32. The minimum Gasteiger partial charge on any atom is -0.507 e. The highest BCUT2D eigenvalue weighted by Crippen LogP contribution is 2.46. The summed E-state index contributed by atoms with van der Waals surface area (Å²) in [6.45, 7) is 7.71. The zero-order chi connectivity index (χ0) is 25.7. The number of aromatic amines is 1. The van der Waals surface area contributed by atoms with Crippen LogP contribution in [0.15, 0.2) is 66.2 Å². The van der Waals surface area contributed by atoms with Gasteiger partial charge in [0.05, 0.1) is 18.7 Å². The number of benzene rings is 3. The van der Waals surface area contributed by atoms with Crippen LogP contribution in [0.2, 0.25) is 0 Å². The predicted octanol–water partition coefficient (Wildman–Crippen LogP) is 6.04. The van der Waals surface area contributed by atoms with E-state index in [0.717, 1.165) is 38.9 Å². The average Bonchev–Trinajstić information content (AvgIpc) is 3.30. The minimum absolute atomic E-state index is 0.0663. The number of carbonyl (C=O) groups is 2. The summed E-state index contributed by atoms with van der Waals surface area (Å²) in [5.41, 5.74) is 6.42. The molecule has 2 heterocycles. The van der Waals surface area contributed by atoms with E-state index in [1.165, 1.54) is 4.90 Å². The van der Waals surface area contributed by atoms with Gasteiger partial charge in [0.2, 0.25) is 0 Å². The third-order valence-corrected chi connectivity index (χ3v) is 6.81. The normalized spacial score (nSPS) is 17.2. The molecule has 1 aromatic heterocycles. The molecule has 0 aliphatic carbocycles. The van der Waals surface area contributed by atoms with Crippen LogP contribution >= 0.6 is 0 Å². The number of fused-ring (bicyclic) bond motifs is 1. The topological polar surface area (TPSA) is 82.6 Å². The van der Waals surface area contributed by atoms with Crippen LogP contribution in [0.25, 0.3) is 16.7 Å². The van der Waals surface area contributed by atoms with Gasteiger partial charge in [0, 0.05) is 33.4 Å². The minimum atomic E-state index is -0.801. The van der Waals surface area contributed by atoms with E-state index >= 15 is 0 Å². The maximum Gasteiger partial charge on any atom is 0.300 e. The fourth-order valence-electron chi connectivity index (χ4n) is 5.29. The fourth-order valence-corrected chi connectivity index (χ4v) is 5.29. The number of aryl methyl sites for hydroxylation is 4. The summed E-state index contributed by atoms with van der Waals surface area (Å²) in [6.07, 6.45) is 0. The predicted molar refractivity (Wildman–Crippen MR) is 141 cm³/mol. The lowest BCUT2D eigenvalue weighted by atomic mass is 9.92. The number of hydrogen-bond donors (Lipinski definition) is 2. The first-order chi connectivity index (χ1) is 17.2. The maximum atomic E-state index is 13.6. The van der Waals surface area contributed by atoms with Crippen molar-refractivity contribution >= 4 is 34.0 Å². The Kier molecular flexibility index (Phi) is 5.67. The summed E-state index contributed by atoms with van der Waals surface area (Å²) >= 11 is 0. The molecule has 1 amide bonds. The lowest BCUT2D eigenvalue weighted by Crippen LogP contribution is -2.29. The fraction of sp³-hybridized carbons (Fsp3) is 0.200. The highest BCUT2D eigenvalue weighted by atomic mass is 16.5. The molecule has 5 rings (SSSR count). The maximum absolute atomic E-state index is 13.6. The third kappa shape index (κ3) is 3.66. The molecule has 4 aromatic rings. The molecule has 6 nitrogen and oxygen atoms in total. The molecule has 1 atom stereocenters. The number of amides is 1. The number of nitrogens with zero attached hydrogens (tertiary/aromatic N) is 1. The first-order valence-electron chi connectivity index (χ1n) is 11.8. The van der Waals surface area contributed by atoms with Crippen molar-refractivity contribution in [2.45, 2.75) is 33.7 Å². The molecule has 0 spiro atoms. The number of carbonyl (C=O) groups excluding carboxylic acids is 2. The zero-order valence-corrected chi connectivity index (χ0v) is 21.0. The number of para-hydroxylation sites is 1. The van der Waals surface area contributed by atoms with Gasteiger partial charge in [-0.3, -0.25) is 14.5 Å². The van der Waals surface area contributed by atoms with Crippen LogP contribution in [-0.4, -0.2) is 28.9 Å². The largest absolute Gasteiger partial charge is 0.507 e. The lowest BCUT2D eigenvalue weighted by molar-refractivity contribution is -0.132. The second-order valence-electron chi connectivity index (χ2n) is 9.41. The number of aromatic nitrogens is 1. The summed E-state index contributed by atoms with van der Waals surface area (Å²) in [7, 11) is 1.58. The Balaban J connectivity index is 1.82. The Morgan fingerprint density at radius 2 is 1.64 bits per heavy atom. The lowest BCUT2D eigenvalue weighted by Gasteiger charge is -2.26. The SMILES string of the molecule is COc1ccc(/C(O)=C2\C(=O)C(=O)N(c3cc(C)cc(C)c3)C2c2c(C)[nH]c3ccccc23)cc1C. The number of rotatable bonds is 4. The van der Waals surface area contributed by atoms with Crippen molar-refractivity contribution in [3.63, 3.8) is 0 Å². The molecule has 6 heteroatoms. The van der Waals surface area contributed by atoms with Gasteiger partial charge in [-0.15, -0.1) is 0 Å². The smallest absolute Gasteiger partial charge is 0.300 e. The van der Waals surface area contributed by atoms with Crippen molar-refractivity contribution in [1.29, 1.82) is 0 Å². The molecule has 36 heavy (non-hydrogen) atoms. The number of anilines is 1. The molecule has 3 aromatic carbocycles. The number of ketones is 1. The van der Waals surface area contributed by atoms with E-state index in [0.29, 0.717) is 17.0 Å². The standard InChI is InChI=1S/C30H28N2O4/c1-16-12-17(2)14-21(13-16)32-27(25-19(4)31-23-9-7-6-8-22(23)25)26(29(34)30(32)35)28(33)20-10-11-24(36-5)18(3)15-20/h6-15,27,31,33H,1-5H3/b28-26+. The number of ether oxygens (including phenoxy) is 1. The Labute approximate surface area is 209 Å². The van der Waals surface area contributed by atoms with Gasteiger partial charge in [0.15, 0.2) is 0 Å². The van der Waals surface area contributed by atoms with Gasteiger partial charge >= 0.3 is 0 Å². The summed E-state index contributed by atoms with van der Waals surface area (Å²) < 4.78 is 5.35. The zero-order valence-electron chi connectivity index (χ0n) is 21.0. The van der Waals surface area contributed by atoms with E-state index in [9.17, 15) is 14.7 Å². The summed E-state index contributed by atoms with van der Waals surface area (Å²) in [4.78, 5) is 32.1. The van der Waals surface area contributed by atoms with Gasteiger partial charge in [-0.25, -0.2) is 0 Å². The van der Waals surface area contributed by atoms with Gasteiger partial charge in [-0.1, -0.05) is 24.3 Å². The number of methoxy groups -OCH3 is 1. The van der Waals surface area contributed by atoms with Gasteiger partial charge in [-0.05, 0) is 80.8 Å². The molecule has 0 bridgehead atoms. The summed E-state index contributed by atoms with van der Waals surface area (Å²) in [6, 6.07) is 18.0. The molecule has 0 radical (unpaired) electrons. The van der Waals surface area contributed by atoms with E-state index in [1.54, 1.807) is 25.3 Å². The number of nitrogens with one attached hydrogen (secondary N) is 1.